The Hall–Kier alpha value is -0.290. The molecule has 1 fully saturated rings. The summed E-state index contributed by atoms with van der Waals surface area (Å²) in [5.74, 6) is 0. The van der Waals surface area contributed by atoms with Crippen molar-refractivity contribution in [1.29, 1.82) is 0 Å². The van der Waals surface area contributed by atoms with Gasteiger partial charge in [-0.2, -0.15) is 13.2 Å². The number of alkyl halides is 3. The smallest absolute Gasteiger partial charge is 0.309 e. The van der Waals surface area contributed by atoms with Crippen LogP contribution in [-0.4, -0.2) is 41.8 Å². The molecule has 1 aliphatic rings. The van der Waals surface area contributed by atoms with Crippen molar-refractivity contribution in [3.63, 3.8) is 0 Å². The highest BCUT2D eigenvalue weighted by Gasteiger charge is 2.37. The average Bonchev–Trinajstić information content (AvgIpc) is 2.10. The second kappa shape index (κ2) is 4.76. The summed E-state index contributed by atoms with van der Waals surface area (Å²) in [5, 5.41) is 3.42. The average molecular weight is 252 g/mol. The second-order valence-corrected chi connectivity index (χ2v) is 6.19. The molecule has 1 aliphatic heterocycles. The Morgan fingerprint density at radius 2 is 1.76 bits per heavy atom. The van der Waals surface area contributed by atoms with E-state index < -0.39 is 12.6 Å². The first kappa shape index (κ1) is 14.8. The largest absolute Gasteiger partial charge is 0.389 e. The molecular weight excluding hydrogens is 229 g/mol. The topological polar surface area (TPSA) is 15.3 Å². The molecule has 0 bridgehead atoms. The van der Waals surface area contributed by atoms with E-state index >= 15 is 0 Å². The van der Waals surface area contributed by atoms with E-state index in [2.05, 4.69) is 37.9 Å². The van der Waals surface area contributed by atoms with Crippen LogP contribution in [0.5, 0.6) is 0 Å². The lowest BCUT2D eigenvalue weighted by Gasteiger charge is -2.49. The minimum atomic E-state index is -4.03. The van der Waals surface area contributed by atoms with E-state index in [9.17, 15) is 13.2 Å². The van der Waals surface area contributed by atoms with Crippen molar-refractivity contribution in [2.24, 2.45) is 0 Å². The standard InChI is InChI=1S/C12H23F3N2/c1-10(2)9-17(11(3,4)8-16-10)7-5-6-12(13,14)15/h16H,5-9H2,1-4H3. The SMILES string of the molecule is CC1(C)CN(CCCC(F)(F)F)C(C)(C)CN1. The maximum Gasteiger partial charge on any atom is 0.389 e. The summed E-state index contributed by atoms with van der Waals surface area (Å²) in [7, 11) is 0. The van der Waals surface area contributed by atoms with Crippen LogP contribution in [0.15, 0.2) is 0 Å². The predicted molar refractivity (Wildman–Crippen MR) is 63.0 cm³/mol. The van der Waals surface area contributed by atoms with Gasteiger partial charge in [0.25, 0.3) is 0 Å². The number of hydrogen-bond donors (Lipinski definition) is 1. The summed E-state index contributed by atoms with van der Waals surface area (Å²) < 4.78 is 36.4. The Kier molecular flexibility index (Phi) is 4.14. The highest BCUT2D eigenvalue weighted by molar-refractivity contribution is 4.97. The van der Waals surface area contributed by atoms with Gasteiger partial charge in [-0.15, -0.1) is 0 Å². The summed E-state index contributed by atoms with van der Waals surface area (Å²) in [6.45, 7) is 10.4. The number of halogens is 3. The van der Waals surface area contributed by atoms with E-state index in [0.717, 1.165) is 13.1 Å². The summed E-state index contributed by atoms with van der Waals surface area (Å²) in [6, 6.07) is 0. The monoisotopic (exact) mass is 252 g/mol. The molecule has 0 aromatic carbocycles. The second-order valence-electron chi connectivity index (χ2n) is 6.19. The van der Waals surface area contributed by atoms with Gasteiger partial charge in [0.1, 0.15) is 0 Å². The molecule has 1 rings (SSSR count). The van der Waals surface area contributed by atoms with Crippen LogP contribution in [0.4, 0.5) is 13.2 Å². The van der Waals surface area contributed by atoms with Crippen molar-refractivity contribution in [1.82, 2.24) is 10.2 Å². The lowest BCUT2D eigenvalue weighted by molar-refractivity contribution is -0.137. The Bertz CT molecular complexity index is 259. The molecule has 5 heteroatoms. The van der Waals surface area contributed by atoms with Crippen molar-refractivity contribution in [2.45, 2.75) is 57.8 Å². The summed E-state index contributed by atoms with van der Waals surface area (Å²) >= 11 is 0. The van der Waals surface area contributed by atoms with Gasteiger partial charge in [-0.25, -0.2) is 0 Å². The summed E-state index contributed by atoms with van der Waals surface area (Å²) in [4.78, 5) is 2.16. The van der Waals surface area contributed by atoms with E-state index in [1.165, 1.54) is 0 Å². The van der Waals surface area contributed by atoms with E-state index in [1.807, 2.05) is 0 Å². The molecular formula is C12H23F3N2. The highest BCUT2D eigenvalue weighted by Crippen LogP contribution is 2.26. The molecule has 0 aliphatic carbocycles. The Morgan fingerprint density at radius 3 is 2.29 bits per heavy atom. The van der Waals surface area contributed by atoms with Gasteiger partial charge in [0.05, 0.1) is 0 Å². The first-order valence-corrected chi connectivity index (χ1v) is 6.09. The first-order chi connectivity index (χ1) is 7.52. The van der Waals surface area contributed by atoms with Gasteiger partial charge in [0, 0.05) is 30.6 Å². The van der Waals surface area contributed by atoms with E-state index in [-0.39, 0.29) is 17.5 Å². The van der Waals surface area contributed by atoms with Gasteiger partial charge in [0.15, 0.2) is 0 Å². The first-order valence-electron chi connectivity index (χ1n) is 6.09. The normalized spacial score (nSPS) is 24.9. The summed E-state index contributed by atoms with van der Waals surface area (Å²) in [6.07, 6.45) is -4.54. The van der Waals surface area contributed by atoms with Crippen molar-refractivity contribution >= 4 is 0 Å². The van der Waals surface area contributed by atoms with Gasteiger partial charge >= 0.3 is 6.18 Å². The molecule has 0 amide bonds. The van der Waals surface area contributed by atoms with E-state index in [4.69, 9.17) is 0 Å². The molecule has 1 heterocycles. The number of nitrogens with zero attached hydrogens (tertiary/aromatic N) is 1. The van der Waals surface area contributed by atoms with Gasteiger partial charge in [-0.1, -0.05) is 0 Å². The molecule has 17 heavy (non-hydrogen) atoms. The third-order valence-electron chi connectivity index (χ3n) is 3.33. The Labute approximate surface area is 102 Å². The zero-order valence-electron chi connectivity index (χ0n) is 11.1. The van der Waals surface area contributed by atoms with Crippen LogP contribution >= 0.6 is 0 Å². The van der Waals surface area contributed by atoms with Crippen LogP contribution in [0.25, 0.3) is 0 Å². The van der Waals surface area contributed by atoms with Crippen molar-refractivity contribution in [2.75, 3.05) is 19.6 Å². The Balaban J connectivity index is 2.49. The van der Waals surface area contributed by atoms with E-state index in [0.29, 0.717) is 6.54 Å². The lowest BCUT2D eigenvalue weighted by atomic mass is 9.91. The molecule has 102 valence electrons. The maximum absolute atomic E-state index is 12.1. The minimum absolute atomic E-state index is 0.0201. The van der Waals surface area contributed by atoms with Crippen molar-refractivity contribution in [3.8, 4) is 0 Å². The number of nitrogens with one attached hydrogen (secondary N) is 1. The van der Waals surface area contributed by atoms with Crippen LogP contribution in [0.2, 0.25) is 0 Å². The highest BCUT2D eigenvalue weighted by atomic mass is 19.4. The molecule has 0 spiro atoms. The zero-order valence-corrected chi connectivity index (χ0v) is 11.1. The van der Waals surface area contributed by atoms with Gasteiger partial charge in [0.2, 0.25) is 0 Å². The molecule has 0 aromatic heterocycles. The molecule has 0 saturated carbocycles. The molecule has 1 saturated heterocycles. The van der Waals surface area contributed by atoms with Crippen LogP contribution < -0.4 is 5.32 Å². The third-order valence-corrected chi connectivity index (χ3v) is 3.33. The molecule has 0 aromatic rings. The van der Waals surface area contributed by atoms with Crippen LogP contribution in [0.1, 0.15) is 40.5 Å². The predicted octanol–water partition coefficient (Wildman–Crippen LogP) is 2.79. The fraction of sp³-hybridized carbons (Fsp3) is 1.00. The summed E-state index contributed by atoms with van der Waals surface area (Å²) in [5.41, 5.74) is -0.0884. The molecule has 1 N–H and O–H groups in total. The fourth-order valence-corrected chi connectivity index (χ4v) is 2.17. The van der Waals surface area contributed by atoms with Crippen LogP contribution in [0, 0.1) is 0 Å². The molecule has 0 unspecified atom stereocenters. The molecule has 2 nitrogen and oxygen atoms in total. The Morgan fingerprint density at radius 1 is 1.18 bits per heavy atom. The van der Waals surface area contributed by atoms with Gasteiger partial charge in [-0.05, 0) is 40.7 Å². The van der Waals surface area contributed by atoms with Crippen LogP contribution in [-0.2, 0) is 0 Å². The fourth-order valence-electron chi connectivity index (χ4n) is 2.17. The number of rotatable bonds is 3. The molecule has 0 atom stereocenters. The van der Waals surface area contributed by atoms with Crippen molar-refractivity contribution < 1.29 is 13.2 Å². The van der Waals surface area contributed by atoms with Gasteiger partial charge < -0.3 is 5.32 Å². The van der Waals surface area contributed by atoms with Crippen LogP contribution in [0.3, 0.4) is 0 Å². The zero-order chi connectivity index (χ0) is 13.3. The van der Waals surface area contributed by atoms with Crippen molar-refractivity contribution in [3.05, 3.63) is 0 Å². The lowest BCUT2D eigenvalue weighted by Crippen LogP contribution is -2.66. The van der Waals surface area contributed by atoms with Gasteiger partial charge in [-0.3, -0.25) is 4.90 Å². The minimum Gasteiger partial charge on any atom is -0.309 e. The molecule has 0 radical (unpaired) electrons. The third kappa shape index (κ3) is 4.84. The number of hydrogen-bond acceptors (Lipinski definition) is 2. The maximum atomic E-state index is 12.1. The quantitative estimate of drug-likeness (QED) is 0.831. The number of piperazine rings is 1. The van der Waals surface area contributed by atoms with E-state index in [1.54, 1.807) is 0 Å².